The molecule has 1 saturated heterocycles. The van der Waals surface area contributed by atoms with Crippen molar-refractivity contribution in [3.8, 4) is 0 Å². The fraction of sp³-hybridized carbons (Fsp3) is 0.667. The van der Waals surface area contributed by atoms with Crippen molar-refractivity contribution in [2.45, 2.75) is 51.8 Å². The highest BCUT2D eigenvalue weighted by Crippen LogP contribution is 2.24. The predicted molar refractivity (Wildman–Crippen MR) is 81.4 cm³/mol. The Hall–Kier alpha value is -1.89. The molecular formula is C15H24N4O3. The van der Waals surface area contributed by atoms with Gasteiger partial charge in [-0.3, -0.25) is 14.3 Å². The molecule has 0 spiro atoms. The summed E-state index contributed by atoms with van der Waals surface area (Å²) in [6.45, 7) is 8.19. The number of amides is 2. The first-order chi connectivity index (χ1) is 10.1. The van der Waals surface area contributed by atoms with Gasteiger partial charge < -0.3 is 15.4 Å². The van der Waals surface area contributed by atoms with Crippen LogP contribution >= 0.6 is 0 Å². The van der Waals surface area contributed by atoms with E-state index in [2.05, 4.69) is 5.10 Å². The molecule has 2 rings (SSSR count). The monoisotopic (exact) mass is 308 g/mol. The number of methoxy groups -OCH3 is 1. The smallest absolute Gasteiger partial charge is 0.258 e. The molecule has 22 heavy (non-hydrogen) atoms. The van der Waals surface area contributed by atoms with Gasteiger partial charge in [-0.25, -0.2) is 0 Å². The van der Waals surface area contributed by atoms with Crippen LogP contribution in [0.15, 0.2) is 6.20 Å². The van der Waals surface area contributed by atoms with Gasteiger partial charge in [0.1, 0.15) is 6.04 Å². The molecule has 2 N–H and O–H groups in total. The van der Waals surface area contributed by atoms with Crippen LogP contribution in [0.25, 0.3) is 0 Å². The van der Waals surface area contributed by atoms with Gasteiger partial charge in [0.2, 0.25) is 5.91 Å². The summed E-state index contributed by atoms with van der Waals surface area (Å²) in [6.07, 6.45) is 2.00. The molecule has 2 heterocycles. The molecule has 0 unspecified atom stereocenters. The van der Waals surface area contributed by atoms with E-state index >= 15 is 0 Å². The molecule has 0 saturated carbocycles. The van der Waals surface area contributed by atoms with Crippen molar-refractivity contribution < 1.29 is 14.3 Å². The van der Waals surface area contributed by atoms with E-state index in [4.69, 9.17) is 10.5 Å². The van der Waals surface area contributed by atoms with E-state index in [1.165, 1.54) is 4.90 Å². The summed E-state index contributed by atoms with van der Waals surface area (Å²) in [6, 6.07) is -0.630. The standard InChI is InChI=1S/C15H24N4O3/c1-9-11(8-19(17-9)15(2,3)4)14(21)18-7-10(22-5)6-12(18)13(16)20/h8,10,12H,6-7H2,1-5H3,(H2,16,20)/t10-,12-/m0/s1. The van der Waals surface area contributed by atoms with Crippen LogP contribution in [0.5, 0.6) is 0 Å². The largest absolute Gasteiger partial charge is 0.380 e. The van der Waals surface area contributed by atoms with Crippen LogP contribution in [0.1, 0.15) is 43.2 Å². The van der Waals surface area contributed by atoms with Gasteiger partial charge in [-0.15, -0.1) is 0 Å². The zero-order valence-corrected chi connectivity index (χ0v) is 13.8. The van der Waals surface area contributed by atoms with Crippen LogP contribution < -0.4 is 5.73 Å². The highest BCUT2D eigenvalue weighted by Gasteiger charge is 2.40. The highest BCUT2D eigenvalue weighted by atomic mass is 16.5. The lowest BCUT2D eigenvalue weighted by Crippen LogP contribution is -2.43. The quantitative estimate of drug-likeness (QED) is 0.888. The number of likely N-dealkylation sites (tertiary alicyclic amines) is 1. The third-order valence-corrected chi connectivity index (χ3v) is 4.00. The second kappa shape index (κ2) is 5.72. The number of aromatic nitrogens is 2. The van der Waals surface area contributed by atoms with Crippen LogP contribution in [-0.2, 0) is 15.1 Å². The summed E-state index contributed by atoms with van der Waals surface area (Å²) in [5, 5.41) is 4.41. The molecule has 0 aromatic carbocycles. The van der Waals surface area contributed by atoms with Gasteiger partial charge in [0.25, 0.3) is 5.91 Å². The molecule has 1 aliphatic heterocycles. The lowest BCUT2D eigenvalue weighted by atomic mass is 10.1. The number of rotatable bonds is 3. The number of ether oxygens (including phenoxy) is 1. The van der Waals surface area contributed by atoms with Gasteiger partial charge in [0.05, 0.1) is 22.9 Å². The molecule has 0 radical (unpaired) electrons. The number of carbonyl (C=O) groups is 2. The Morgan fingerprint density at radius 1 is 1.41 bits per heavy atom. The minimum Gasteiger partial charge on any atom is -0.380 e. The van der Waals surface area contributed by atoms with Crippen LogP contribution in [0.4, 0.5) is 0 Å². The van der Waals surface area contributed by atoms with Crippen LogP contribution in [0.2, 0.25) is 0 Å². The van der Waals surface area contributed by atoms with E-state index in [9.17, 15) is 9.59 Å². The number of carbonyl (C=O) groups excluding carboxylic acids is 2. The number of primary amides is 1. The maximum Gasteiger partial charge on any atom is 0.258 e. The summed E-state index contributed by atoms with van der Waals surface area (Å²) >= 11 is 0. The zero-order valence-electron chi connectivity index (χ0n) is 13.8. The lowest BCUT2D eigenvalue weighted by molar-refractivity contribution is -0.121. The fourth-order valence-corrected chi connectivity index (χ4v) is 2.63. The van der Waals surface area contributed by atoms with E-state index in [-0.39, 0.29) is 17.6 Å². The maximum atomic E-state index is 12.8. The van der Waals surface area contributed by atoms with E-state index < -0.39 is 11.9 Å². The van der Waals surface area contributed by atoms with Crippen molar-refractivity contribution >= 4 is 11.8 Å². The second-order valence-corrected chi connectivity index (χ2v) is 6.71. The number of nitrogens with zero attached hydrogens (tertiary/aromatic N) is 3. The van der Waals surface area contributed by atoms with Crippen molar-refractivity contribution in [2.24, 2.45) is 5.73 Å². The fourth-order valence-electron chi connectivity index (χ4n) is 2.63. The third kappa shape index (κ3) is 2.99. The zero-order chi connectivity index (χ0) is 16.7. The average Bonchev–Trinajstić information content (AvgIpc) is 3.00. The van der Waals surface area contributed by atoms with Gasteiger partial charge in [-0.1, -0.05) is 0 Å². The molecule has 7 heteroatoms. The number of hydrogen-bond acceptors (Lipinski definition) is 4. The molecule has 1 fully saturated rings. The Bertz CT molecular complexity index is 588. The molecule has 2 atom stereocenters. The van der Waals surface area contributed by atoms with E-state index in [1.54, 1.807) is 24.9 Å². The van der Waals surface area contributed by atoms with Crippen molar-refractivity contribution in [3.05, 3.63) is 17.5 Å². The average molecular weight is 308 g/mol. The molecule has 2 amide bonds. The number of aryl methyl sites for hydroxylation is 1. The Kier molecular flexibility index (Phi) is 4.28. The van der Waals surface area contributed by atoms with Crippen molar-refractivity contribution in [2.75, 3.05) is 13.7 Å². The Morgan fingerprint density at radius 2 is 2.05 bits per heavy atom. The van der Waals surface area contributed by atoms with Gasteiger partial charge in [0.15, 0.2) is 0 Å². The molecule has 1 aromatic heterocycles. The van der Waals surface area contributed by atoms with Crippen molar-refractivity contribution in [1.29, 1.82) is 0 Å². The summed E-state index contributed by atoms with van der Waals surface area (Å²) in [5.41, 5.74) is 6.35. The minimum absolute atomic E-state index is 0.167. The molecule has 0 aliphatic carbocycles. The first kappa shape index (κ1) is 16.5. The molecule has 7 nitrogen and oxygen atoms in total. The Labute approximate surface area is 130 Å². The van der Waals surface area contributed by atoms with E-state index in [0.29, 0.717) is 24.2 Å². The first-order valence-corrected chi connectivity index (χ1v) is 7.35. The normalized spacial score (nSPS) is 22.1. The number of hydrogen-bond donors (Lipinski definition) is 1. The van der Waals surface area contributed by atoms with E-state index in [1.807, 2.05) is 20.8 Å². The lowest BCUT2D eigenvalue weighted by Gasteiger charge is -2.22. The van der Waals surface area contributed by atoms with Gasteiger partial charge in [0, 0.05) is 26.3 Å². The Morgan fingerprint density at radius 3 is 2.50 bits per heavy atom. The first-order valence-electron chi connectivity index (χ1n) is 7.35. The van der Waals surface area contributed by atoms with Gasteiger partial charge in [-0.2, -0.15) is 5.10 Å². The molecule has 122 valence electrons. The summed E-state index contributed by atoms with van der Waals surface area (Å²) < 4.78 is 7.04. The molecule has 0 bridgehead atoms. The Balaban J connectivity index is 2.31. The van der Waals surface area contributed by atoms with Gasteiger partial charge >= 0.3 is 0 Å². The van der Waals surface area contributed by atoms with Crippen LogP contribution in [-0.4, -0.2) is 52.3 Å². The SMILES string of the molecule is CO[C@H]1C[C@@H](C(N)=O)N(C(=O)c2cn(C(C)(C)C)nc2C)C1. The van der Waals surface area contributed by atoms with E-state index in [0.717, 1.165) is 0 Å². The van der Waals surface area contributed by atoms with Crippen LogP contribution in [0, 0.1) is 6.92 Å². The molecular weight excluding hydrogens is 284 g/mol. The predicted octanol–water partition coefficient (Wildman–Crippen LogP) is 0.661. The molecule has 1 aliphatic rings. The highest BCUT2D eigenvalue weighted by molar-refractivity contribution is 5.98. The molecule has 1 aromatic rings. The topological polar surface area (TPSA) is 90.5 Å². The minimum atomic E-state index is -0.630. The summed E-state index contributed by atoms with van der Waals surface area (Å²) in [4.78, 5) is 25.9. The maximum absolute atomic E-state index is 12.8. The third-order valence-electron chi connectivity index (χ3n) is 4.00. The van der Waals surface area contributed by atoms with Crippen LogP contribution in [0.3, 0.4) is 0 Å². The summed E-state index contributed by atoms with van der Waals surface area (Å²) in [5.74, 6) is -0.731. The van der Waals surface area contributed by atoms with Crippen molar-refractivity contribution in [3.63, 3.8) is 0 Å². The van der Waals surface area contributed by atoms with Gasteiger partial charge in [-0.05, 0) is 27.7 Å². The van der Waals surface area contributed by atoms with Crippen molar-refractivity contribution in [1.82, 2.24) is 14.7 Å². The summed E-state index contributed by atoms with van der Waals surface area (Å²) in [7, 11) is 1.57. The second-order valence-electron chi connectivity index (χ2n) is 6.71. The number of nitrogens with two attached hydrogens (primary N) is 1.